The van der Waals surface area contributed by atoms with Crippen LogP contribution < -0.4 is 10.2 Å². The normalized spacial score (nSPS) is 13.3. The quantitative estimate of drug-likeness (QED) is 0.787. The summed E-state index contributed by atoms with van der Waals surface area (Å²) < 4.78 is 0. The molecule has 3 nitrogen and oxygen atoms in total. The SMILES string of the molecule is CC(C)CNCc1cnc(N(C)C(C)CC(C)C)s1. The van der Waals surface area contributed by atoms with Crippen molar-refractivity contribution in [2.24, 2.45) is 11.8 Å². The number of nitrogens with one attached hydrogen (secondary N) is 1. The zero-order valence-corrected chi connectivity index (χ0v) is 14.0. The minimum Gasteiger partial charge on any atom is -0.348 e. The van der Waals surface area contributed by atoms with Crippen LogP contribution in [-0.4, -0.2) is 24.6 Å². The molecule has 1 atom stereocenters. The van der Waals surface area contributed by atoms with E-state index in [9.17, 15) is 0 Å². The molecule has 0 aliphatic rings. The molecule has 0 amide bonds. The maximum absolute atomic E-state index is 4.55. The van der Waals surface area contributed by atoms with E-state index in [4.69, 9.17) is 0 Å². The summed E-state index contributed by atoms with van der Waals surface area (Å²) in [6.07, 6.45) is 3.21. The first-order chi connectivity index (χ1) is 8.90. The van der Waals surface area contributed by atoms with E-state index in [2.05, 4.69) is 56.9 Å². The Labute approximate surface area is 122 Å². The Kier molecular flexibility index (Phi) is 6.80. The Morgan fingerprint density at radius 2 is 1.89 bits per heavy atom. The lowest BCUT2D eigenvalue weighted by atomic mass is 10.0. The van der Waals surface area contributed by atoms with Crippen LogP contribution in [0.3, 0.4) is 0 Å². The highest BCUT2D eigenvalue weighted by atomic mass is 32.1. The van der Waals surface area contributed by atoms with Crippen molar-refractivity contribution < 1.29 is 0 Å². The van der Waals surface area contributed by atoms with E-state index in [0.717, 1.165) is 24.1 Å². The molecule has 0 fully saturated rings. The van der Waals surface area contributed by atoms with Gasteiger partial charge in [0, 0.05) is 30.7 Å². The van der Waals surface area contributed by atoms with Gasteiger partial charge in [0.25, 0.3) is 0 Å². The fraction of sp³-hybridized carbons (Fsp3) is 0.800. The van der Waals surface area contributed by atoms with Crippen molar-refractivity contribution in [3.05, 3.63) is 11.1 Å². The molecule has 1 aromatic heterocycles. The third-order valence-electron chi connectivity index (χ3n) is 3.17. The van der Waals surface area contributed by atoms with Crippen molar-refractivity contribution in [1.82, 2.24) is 10.3 Å². The summed E-state index contributed by atoms with van der Waals surface area (Å²) in [6.45, 7) is 13.3. The molecule has 1 N–H and O–H groups in total. The van der Waals surface area contributed by atoms with Gasteiger partial charge in [-0.2, -0.15) is 0 Å². The summed E-state index contributed by atoms with van der Waals surface area (Å²) in [5.74, 6) is 1.42. The number of nitrogens with zero attached hydrogens (tertiary/aromatic N) is 2. The molecular weight excluding hydrogens is 254 g/mol. The maximum Gasteiger partial charge on any atom is 0.185 e. The van der Waals surface area contributed by atoms with Gasteiger partial charge in [0.2, 0.25) is 0 Å². The molecule has 1 unspecified atom stereocenters. The van der Waals surface area contributed by atoms with Crippen LogP contribution in [0.15, 0.2) is 6.20 Å². The molecule has 0 spiro atoms. The third-order valence-corrected chi connectivity index (χ3v) is 4.26. The molecule has 0 aliphatic carbocycles. The first-order valence-corrected chi connectivity index (χ1v) is 8.10. The van der Waals surface area contributed by atoms with Crippen LogP contribution >= 0.6 is 11.3 Å². The predicted octanol–water partition coefficient (Wildman–Crippen LogP) is 3.76. The number of rotatable bonds is 8. The van der Waals surface area contributed by atoms with E-state index >= 15 is 0 Å². The lowest BCUT2D eigenvalue weighted by Gasteiger charge is -2.25. The Balaban J connectivity index is 2.48. The topological polar surface area (TPSA) is 28.2 Å². The molecule has 19 heavy (non-hydrogen) atoms. The van der Waals surface area contributed by atoms with E-state index in [1.165, 1.54) is 11.3 Å². The van der Waals surface area contributed by atoms with Gasteiger partial charge in [-0.1, -0.05) is 27.7 Å². The van der Waals surface area contributed by atoms with Crippen LogP contribution in [0.25, 0.3) is 0 Å². The van der Waals surface area contributed by atoms with Gasteiger partial charge in [-0.05, 0) is 31.7 Å². The number of hydrogen-bond acceptors (Lipinski definition) is 4. The zero-order chi connectivity index (χ0) is 14.4. The molecule has 0 saturated carbocycles. The molecule has 110 valence electrons. The Hall–Kier alpha value is -0.610. The van der Waals surface area contributed by atoms with Gasteiger partial charge in [0.15, 0.2) is 5.13 Å². The van der Waals surface area contributed by atoms with Gasteiger partial charge >= 0.3 is 0 Å². The minimum atomic E-state index is 0.544. The van der Waals surface area contributed by atoms with Crippen LogP contribution in [0.2, 0.25) is 0 Å². The molecule has 1 heterocycles. The smallest absolute Gasteiger partial charge is 0.185 e. The van der Waals surface area contributed by atoms with Crippen molar-refractivity contribution in [3.63, 3.8) is 0 Å². The molecule has 0 aliphatic heterocycles. The van der Waals surface area contributed by atoms with Gasteiger partial charge < -0.3 is 10.2 Å². The van der Waals surface area contributed by atoms with Gasteiger partial charge in [-0.3, -0.25) is 0 Å². The van der Waals surface area contributed by atoms with Crippen molar-refractivity contribution in [3.8, 4) is 0 Å². The predicted molar refractivity (Wildman–Crippen MR) is 86.0 cm³/mol. The molecule has 4 heteroatoms. The lowest BCUT2D eigenvalue weighted by Crippen LogP contribution is -2.29. The number of aromatic nitrogens is 1. The highest BCUT2D eigenvalue weighted by Crippen LogP contribution is 2.24. The van der Waals surface area contributed by atoms with E-state index in [1.54, 1.807) is 11.3 Å². The largest absolute Gasteiger partial charge is 0.348 e. The number of thiazole rings is 1. The molecule has 0 aromatic carbocycles. The van der Waals surface area contributed by atoms with Crippen LogP contribution in [0.1, 0.15) is 45.9 Å². The first kappa shape index (κ1) is 16.4. The molecule has 0 radical (unpaired) electrons. The average Bonchev–Trinajstić information content (AvgIpc) is 2.75. The molecule has 1 rings (SSSR count). The number of anilines is 1. The summed E-state index contributed by atoms with van der Waals surface area (Å²) in [5.41, 5.74) is 0. The van der Waals surface area contributed by atoms with Crippen molar-refractivity contribution >= 4 is 16.5 Å². The second kappa shape index (κ2) is 7.85. The number of hydrogen-bond donors (Lipinski definition) is 1. The lowest BCUT2D eigenvalue weighted by molar-refractivity contribution is 0.504. The fourth-order valence-electron chi connectivity index (χ4n) is 2.05. The van der Waals surface area contributed by atoms with Crippen molar-refractivity contribution in [1.29, 1.82) is 0 Å². The summed E-state index contributed by atoms with van der Waals surface area (Å²) >= 11 is 1.80. The van der Waals surface area contributed by atoms with Gasteiger partial charge in [-0.15, -0.1) is 11.3 Å². The molecule has 0 bridgehead atoms. The maximum atomic E-state index is 4.55. The fourth-order valence-corrected chi connectivity index (χ4v) is 3.00. The van der Waals surface area contributed by atoms with E-state index in [-0.39, 0.29) is 0 Å². The zero-order valence-electron chi connectivity index (χ0n) is 13.2. The molecular formula is C15H29N3S. The van der Waals surface area contributed by atoms with E-state index in [1.807, 2.05) is 6.20 Å². The highest BCUT2D eigenvalue weighted by Gasteiger charge is 2.14. The van der Waals surface area contributed by atoms with Crippen LogP contribution in [0.4, 0.5) is 5.13 Å². The van der Waals surface area contributed by atoms with Crippen molar-refractivity contribution in [2.45, 2.75) is 53.6 Å². The third kappa shape index (κ3) is 5.91. The summed E-state index contributed by atoms with van der Waals surface area (Å²) in [5, 5.41) is 4.60. The molecule has 0 saturated heterocycles. The summed E-state index contributed by atoms with van der Waals surface area (Å²) in [4.78, 5) is 8.17. The standard InChI is InChI=1S/C15H29N3S/c1-11(2)7-13(5)18(6)15-17-10-14(19-15)9-16-8-12(3)4/h10-13,16H,7-9H2,1-6H3. The summed E-state index contributed by atoms with van der Waals surface area (Å²) in [6, 6.07) is 0.544. The van der Waals surface area contributed by atoms with Crippen LogP contribution in [0.5, 0.6) is 0 Å². The van der Waals surface area contributed by atoms with Gasteiger partial charge in [0.05, 0.1) is 0 Å². The first-order valence-electron chi connectivity index (χ1n) is 7.28. The monoisotopic (exact) mass is 283 g/mol. The summed E-state index contributed by atoms with van der Waals surface area (Å²) in [7, 11) is 2.15. The second-order valence-corrected chi connectivity index (χ2v) is 7.32. The Bertz CT molecular complexity index is 360. The van der Waals surface area contributed by atoms with Gasteiger partial charge in [0.1, 0.15) is 0 Å². The molecule has 1 aromatic rings. The van der Waals surface area contributed by atoms with E-state index < -0.39 is 0 Å². The Morgan fingerprint density at radius 1 is 1.21 bits per heavy atom. The van der Waals surface area contributed by atoms with Crippen molar-refractivity contribution in [2.75, 3.05) is 18.5 Å². The average molecular weight is 283 g/mol. The highest BCUT2D eigenvalue weighted by molar-refractivity contribution is 7.15. The van der Waals surface area contributed by atoms with Crippen LogP contribution in [-0.2, 0) is 6.54 Å². The minimum absolute atomic E-state index is 0.544. The van der Waals surface area contributed by atoms with Gasteiger partial charge in [-0.25, -0.2) is 4.98 Å². The second-order valence-electron chi connectivity index (χ2n) is 6.22. The van der Waals surface area contributed by atoms with Crippen LogP contribution in [0, 0.1) is 11.8 Å². The van der Waals surface area contributed by atoms with E-state index in [0.29, 0.717) is 12.0 Å². The Morgan fingerprint density at radius 3 is 2.47 bits per heavy atom.